The largest absolute Gasteiger partial charge is 0.478 e. The SMILES string of the molecule is CCON=C(C(=O)NC1C(=O)N2C(C(=O)O)=C(C[n+]3ccc(C(=O)O)cc3)CS[C@H]12)c1nsc(N)n1. The summed E-state index contributed by atoms with van der Waals surface area (Å²) in [5.74, 6) is -3.49. The van der Waals surface area contributed by atoms with E-state index in [-0.39, 0.29) is 46.8 Å². The molecule has 2 aromatic rings. The average molecular weight is 535 g/mol. The highest BCUT2D eigenvalue weighted by Gasteiger charge is 2.54. The van der Waals surface area contributed by atoms with Crippen LogP contribution in [0.5, 0.6) is 0 Å². The lowest BCUT2D eigenvalue weighted by molar-refractivity contribution is -0.689. The molecule has 1 fully saturated rings. The van der Waals surface area contributed by atoms with Crippen LogP contribution in [0, 0.1) is 0 Å². The topological polar surface area (TPSA) is 201 Å². The van der Waals surface area contributed by atoms with Crippen LogP contribution in [-0.4, -0.2) is 77.7 Å². The molecular formula is C20H20N7O7S2+. The van der Waals surface area contributed by atoms with Crippen molar-refractivity contribution >= 4 is 57.9 Å². The lowest BCUT2D eigenvalue weighted by atomic mass is 10.0. The number of aliphatic carboxylic acids is 1. The summed E-state index contributed by atoms with van der Waals surface area (Å²) in [4.78, 5) is 59.0. The molecule has 36 heavy (non-hydrogen) atoms. The van der Waals surface area contributed by atoms with Crippen LogP contribution in [0.15, 0.2) is 41.0 Å². The van der Waals surface area contributed by atoms with E-state index < -0.39 is 35.2 Å². The molecule has 0 spiro atoms. The first-order valence-corrected chi connectivity index (χ1v) is 12.3. The van der Waals surface area contributed by atoms with Gasteiger partial charge in [0.2, 0.25) is 11.5 Å². The fraction of sp³-hybridized carbons (Fsp3) is 0.300. The number of aromatic nitrogens is 3. The van der Waals surface area contributed by atoms with Crippen LogP contribution >= 0.6 is 23.3 Å². The number of carbonyl (C=O) groups is 4. The zero-order valence-electron chi connectivity index (χ0n) is 18.7. The minimum atomic E-state index is -1.28. The number of nitrogen functional groups attached to an aromatic ring is 1. The predicted octanol–water partition coefficient (Wildman–Crippen LogP) is -0.715. The van der Waals surface area contributed by atoms with Gasteiger partial charge in [0, 0.05) is 35.0 Å². The van der Waals surface area contributed by atoms with Gasteiger partial charge in [-0.25, -0.2) is 14.2 Å². The van der Waals surface area contributed by atoms with Crippen molar-refractivity contribution in [2.24, 2.45) is 5.16 Å². The molecule has 2 aliphatic heterocycles. The minimum Gasteiger partial charge on any atom is -0.478 e. The number of nitrogens with zero attached hydrogens (tertiary/aromatic N) is 5. The highest BCUT2D eigenvalue weighted by Crippen LogP contribution is 2.40. The number of carboxylic acids is 2. The molecule has 2 aromatic heterocycles. The second kappa shape index (κ2) is 10.3. The van der Waals surface area contributed by atoms with E-state index in [1.807, 2.05) is 0 Å². The summed E-state index contributed by atoms with van der Waals surface area (Å²) in [7, 11) is 0. The van der Waals surface area contributed by atoms with Crippen LogP contribution in [0.4, 0.5) is 5.13 Å². The number of thioether (sulfide) groups is 1. The summed E-state index contributed by atoms with van der Waals surface area (Å²) < 4.78 is 5.58. The Balaban J connectivity index is 1.52. The number of anilines is 1. The van der Waals surface area contributed by atoms with Gasteiger partial charge in [0.05, 0.1) is 5.56 Å². The maximum Gasteiger partial charge on any atom is 0.352 e. The van der Waals surface area contributed by atoms with Gasteiger partial charge in [-0.2, -0.15) is 9.36 Å². The summed E-state index contributed by atoms with van der Waals surface area (Å²) in [5.41, 5.74) is 5.73. The molecule has 0 aromatic carbocycles. The lowest BCUT2D eigenvalue weighted by Gasteiger charge is -2.49. The van der Waals surface area contributed by atoms with E-state index in [2.05, 4.69) is 19.8 Å². The van der Waals surface area contributed by atoms with Gasteiger partial charge in [0.15, 0.2) is 24.1 Å². The number of rotatable bonds is 9. The number of hydrogen-bond acceptors (Lipinski definition) is 11. The van der Waals surface area contributed by atoms with Gasteiger partial charge < -0.3 is 26.1 Å². The third-order valence-electron chi connectivity index (χ3n) is 5.20. The molecule has 5 N–H and O–H groups in total. The smallest absolute Gasteiger partial charge is 0.352 e. The molecule has 4 heterocycles. The van der Waals surface area contributed by atoms with Crippen molar-refractivity contribution in [2.45, 2.75) is 24.9 Å². The number of amides is 2. The monoisotopic (exact) mass is 534 g/mol. The van der Waals surface area contributed by atoms with E-state index in [9.17, 15) is 24.3 Å². The lowest BCUT2D eigenvalue weighted by Crippen LogP contribution is -2.71. The Hall–Kier alpha value is -4.05. The quantitative estimate of drug-likeness (QED) is 0.137. The molecule has 0 radical (unpaired) electrons. The molecule has 2 atom stereocenters. The Morgan fingerprint density at radius 3 is 2.61 bits per heavy atom. The summed E-state index contributed by atoms with van der Waals surface area (Å²) in [6.45, 7) is 1.99. The Kier molecular flexibility index (Phi) is 7.16. The highest BCUT2D eigenvalue weighted by molar-refractivity contribution is 8.00. The number of oxime groups is 1. The van der Waals surface area contributed by atoms with Crippen molar-refractivity contribution < 1.29 is 38.8 Å². The number of carboxylic acid groups (broad SMARTS) is 2. The predicted molar refractivity (Wildman–Crippen MR) is 126 cm³/mol. The second-order valence-electron chi connectivity index (χ2n) is 7.50. The Morgan fingerprint density at radius 1 is 1.31 bits per heavy atom. The van der Waals surface area contributed by atoms with Crippen molar-refractivity contribution in [2.75, 3.05) is 18.1 Å². The van der Waals surface area contributed by atoms with Crippen LogP contribution in [0.2, 0.25) is 0 Å². The summed E-state index contributed by atoms with van der Waals surface area (Å²) in [5, 5.41) is 24.7. The van der Waals surface area contributed by atoms with Crippen LogP contribution < -0.4 is 15.6 Å². The number of nitrogens with one attached hydrogen (secondary N) is 1. The van der Waals surface area contributed by atoms with Gasteiger partial charge in [-0.1, -0.05) is 5.16 Å². The van der Waals surface area contributed by atoms with E-state index >= 15 is 0 Å². The van der Waals surface area contributed by atoms with Crippen molar-refractivity contribution in [3.05, 3.63) is 47.2 Å². The van der Waals surface area contributed by atoms with E-state index in [0.717, 1.165) is 16.4 Å². The Bertz CT molecular complexity index is 1290. The molecule has 1 saturated heterocycles. The first-order chi connectivity index (χ1) is 17.2. The van der Waals surface area contributed by atoms with Crippen LogP contribution in [0.1, 0.15) is 23.1 Å². The summed E-state index contributed by atoms with van der Waals surface area (Å²) in [6, 6.07) is 1.80. The van der Waals surface area contributed by atoms with Crippen LogP contribution in [0.25, 0.3) is 0 Å². The van der Waals surface area contributed by atoms with E-state index in [0.29, 0.717) is 5.57 Å². The number of aromatic carboxylic acids is 1. The molecule has 0 bridgehead atoms. The van der Waals surface area contributed by atoms with Crippen molar-refractivity contribution in [1.29, 1.82) is 0 Å². The first-order valence-electron chi connectivity index (χ1n) is 10.4. The van der Waals surface area contributed by atoms with Gasteiger partial charge in [-0.3, -0.25) is 14.5 Å². The number of carbonyl (C=O) groups excluding carboxylic acids is 2. The zero-order chi connectivity index (χ0) is 26.0. The Morgan fingerprint density at radius 2 is 2.03 bits per heavy atom. The third-order valence-corrected chi connectivity index (χ3v) is 7.08. The summed E-state index contributed by atoms with van der Waals surface area (Å²) in [6.07, 6.45) is 3.04. The maximum atomic E-state index is 12.9. The second-order valence-corrected chi connectivity index (χ2v) is 9.38. The molecule has 0 saturated carbocycles. The Labute approximate surface area is 211 Å². The maximum absolute atomic E-state index is 12.9. The van der Waals surface area contributed by atoms with Crippen molar-refractivity contribution in [1.82, 2.24) is 19.6 Å². The van der Waals surface area contributed by atoms with Crippen molar-refractivity contribution in [3.8, 4) is 0 Å². The summed E-state index contributed by atoms with van der Waals surface area (Å²) >= 11 is 2.16. The van der Waals surface area contributed by atoms with Crippen LogP contribution in [-0.2, 0) is 25.8 Å². The molecule has 0 aliphatic carbocycles. The molecule has 1 unspecified atom stereocenters. The zero-order valence-corrected chi connectivity index (χ0v) is 20.3. The normalized spacial score (nSPS) is 19.4. The highest BCUT2D eigenvalue weighted by atomic mass is 32.2. The molecule has 2 aliphatic rings. The van der Waals surface area contributed by atoms with E-state index in [1.54, 1.807) is 11.5 Å². The van der Waals surface area contributed by atoms with Crippen molar-refractivity contribution in [3.63, 3.8) is 0 Å². The van der Waals surface area contributed by atoms with Gasteiger partial charge in [-0.05, 0) is 6.92 Å². The molecule has 4 rings (SSSR count). The number of β-lactam (4-membered cyclic amide) rings is 1. The fourth-order valence-electron chi connectivity index (χ4n) is 3.58. The number of hydrogen-bond donors (Lipinski definition) is 4. The third kappa shape index (κ3) is 4.85. The first kappa shape index (κ1) is 25.1. The molecule has 2 amide bonds. The minimum absolute atomic E-state index is 0.0530. The van der Waals surface area contributed by atoms with Crippen LogP contribution in [0.3, 0.4) is 0 Å². The van der Waals surface area contributed by atoms with Gasteiger partial charge >= 0.3 is 11.9 Å². The number of fused-ring (bicyclic) bond motifs is 1. The molecule has 188 valence electrons. The van der Waals surface area contributed by atoms with E-state index in [4.69, 9.17) is 15.7 Å². The number of pyridine rings is 1. The molecule has 16 heteroatoms. The van der Waals surface area contributed by atoms with Gasteiger partial charge in [0.1, 0.15) is 23.7 Å². The fourth-order valence-corrected chi connectivity index (χ4v) is 5.35. The standard InChI is InChI=1S/C20H19N7O7S2/c1-2-34-24-11(14-23-20(21)36-25-14)15(28)22-12-16(29)27-13(19(32)33)10(8-35-17(12)27)7-26-5-3-9(4-6-26)18(30)31/h3-6,12,17H,2,7-8H2,1H3,(H4-,21,22,23,25,28,30,31,32,33)/p+1/t12?,17-/m1/s1. The molecule has 14 nitrogen and oxygen atoms in total. The molecular weight excluding hydrogens is 514 g/mol. The number of nitrogens with two attached hydrogens (primary N) is 1. The van der Waals surface area contributed by atoms with E-state index in [1.165, 1.54) is 36.3 Å². The van der Waals surface area contributed by atoms with Gasteiger partial charge in [-0.15, -0.1) is 11.8 Å². The average Bonchev–Trinajstić information content (AvgIpc) is 3.28. The van der Waals surface area contributed by atoms with Gasteiger partial charge in [0.25, 0.3) is 11.8 Å².